The average Bonchev–Trinajstić information content (AvgIpc) is 3.55. The van der Waals surface area contributed by atoms with Crippen molar-refractivity contribution in [3.63, 3.8) is 0 Å². The summed E-state index contributed by atoms with van der Waals surface area (Å²) in [6.07, 6.45) is 0.444. The van der Waals surface area contributed by atoms with Crippen LogP contribution in [0.2, 0.25) is 0 Å². The SMILES string of the molecule is C=C(CNC(=O)c1cc(-c2cccc(CN3O[C@@H](CO)[C@H]([C@H](C)O)[C@H]3C(=O)N[C@H]3C[C@H]4C[C@@H]([C@@H]3C)C4(C)C)c2OC)cc(N(C)C)c1)OCc1ccccc1. The van der Waals surface area contributed by atoms with Crippen LogP contribution < -0.4 is 20.3 Å². The van der Waals surface area contributed by atoms with Gasteiger partial charge in [0.15, 0.2) is 0 Å². The number of hydrogen-bond donors (Lipinski definition) is 4. The molecule has 2 amide bonds. The lowest BCUT2D eigenvalue weighted by Crippen LogP contribution is -2.62. The summed E-state index contributed by atoms with van der Waals surface area (Å²) < 4.78 is 11.8. The van der Waals surface area contributed by atoms with Gasteiger partial charge >= 0.3 is 0 Å². The Bertz CT molecular complexity index is 1850. The Kier molecular flexibility index (Phi) is 12.3. The molecular weight excluding hydrogens is 697 g/mol. The van der Waals surface area contributed by atoms with Gasteiger partial charge in [-0.2, -0.15) is 5.06 Å². The van der Waals surface area contributed by atoms with Gasteiger partial charge in [-0.1, -0.05) is 75.9 Å². The van der Waals surface area contributed by atoms with E-state index in [0.717, 1.165) is 34.4 Å². The van der Waals surface area contributed by atoms with Crippen molar-refractivity contribution < 1.29 is 34.1 Å². The van der Waals surface area contributed by atoms with Crippen LogP contribution in [0.3, 0.4) is 0 Å². The van der Waals surface area contributed by atoms with Crippen LogP contribution in [-0.2, 0) is 27.5 Å². The molecule has 1 aliphatic heterocycles. The van der Waals surface area contributed by atoms with Gasteiger partial charge in [0.1, 0.15) is 30.3 Å². The van der Waals surface area contributed by atoms with Gasteiger partial charge in [0.2, 0.25) is 5.91 Å². The number of benzene rings is 3. The van der Waals surface area contributed by atoms with Gasteiger partial charge < -0.3 is 35.2 Å². The molecule has 3 aliphatic carbocycles. The number of fused-ring (bicyclic) bond motifs is 2. The molecule has 2 bridgehead atoms. The van der Waals surface area contributed by atoms with E-state index in [2.05, 4.69) is 38.0 Å². The molecular formula is C44H58N4O7. The van der Waals surface area contributed by atoms with Gasteiger partial charge in [-0.3, -0.25) is 14.4 Å². The second-order valence-electron chi connectivity index (χ2n) is 16.4. The van der Waals surface area contributed by atoms with E-state index < -0.39 is 24.2 Å². The van der Waals surface area contributed by atoms with Crippen LogP contribution >= 0.6 is 0 Å². The second-order valence-corrected chi connectivity index (χ2v) is 16.4. The van der Waals surface area contributed by atoms with Gasteiger partial charge in [-0.05, 0) is 72.3 Å². The van der Waals surface area contributed by atoms with Crippen LogP contribution in [0.5, 0.6) is 5.75 Å². The first kappa shape index (κ1) is 40.2. The Morgan fingerprint density at radius 1 is 1.09 bits per heavy atom. The molecule has 4 fully saturated rings. The summed E-state index contributed by atoms with van der Waals surface area (Å²) in [7, 11) is 5.42. The van der Waals surface area contributed by atoms with E-state index in [1.54, 1.807) is 19.1 Å². The van der Waals surface area contributed by atoms with E-state index in [1.165, 1.54) is 6.42 Å². The largest absolute Gasteiger partial charge is 0.496 e. The number of carbonyl (C=O) groups excluding carboxylic acids is 2. The molecule has 0 spiro atoms. The highest BCUT2D eigenvalue weighted by molar-refractivity contribution is 5.97. The number of nitrogens with one attached hydrogen (secondary N) is 2. The summed E-state index contributed by atoms with van der Waals surface area (Å²) >= 11 is 0. The first-order chi connectivity index (χ1) is 26.2. The number of amides is 2. The molecule has 296 valence electrons. The Morgan fingerprint density at radius 3 is 2.47 bits per heavy atom. The number of aliphatic hydroxyl groups is 2. The van der Waals surface area contributed by atoms with Crippen LogP contribution in [0.1, 0.15) is 62.0 Å². The Morgan fingerprint density at radius 2 is 1.84 bits per heavy atom. The predicted molar refractivity (Wildman–Crippen MR) is 213 cm³/mol. The molecule has 1 saturated heterocycles. The standard InChI is InChI=1S/C44H58N4O7/c1-26(54-25-29-13-10-9-11-14-29)22-45-42(51)32-17-31(18-34(19-32)47(6)7)35-16-12-15-30(41(35)53-8)23-48-40(39(28(3)50)38(24-49)55-48)43(52)46-37-21-33-20-36(27(37)2)44(33,4)5/h9-19,27-28,33,36-40,49-50H,1,20-25H2,2-8H3,(H,45,51)(H,46,52)/t27-,28-,33+,36-,37-,38-,39-,40-/m0/s1. The number of hydroxylamine groups is 2. The molecule has 0 unspecified atom stereocenters. The monoisotopic (exact) mass is 754 g/mol. The summed E-state index contributed by atoms with van der Waals surface area (Å²) in [5.74, 6) is 1.30. The third-order valence-electron chi connectivity index (χ3n) is 12.4. The van der Waals surface area contributed by atoms with E-state index in [9.17, 15) is 19.8 Å². The highest BCUT2D eigenvalue weighted by atomic mass is 16.7. The van der Waals surface area contributed by atoms with Crippen molar-refractivity contribution in [2.45, 2.75) is 78.0 Å². The van der Waals surface area contributed by atoms with Crippen molar-refractivity contribution in [1.82, 2.24) is 15.7 Å². The van der Waals surface area contributed by atoms with E-state index in [-0.39, 0.29) is 43.0 Å². The zero-order valence-corrected chi connectivity index (χ0v) is 33.2. The molecule has 4 aliphatic rings. The van der Waals surface area contributed by atoms with Crippen molar-refractivity contribution >= 4 is 17.5 Å². The molecule has 1 heterocycles. The Labute approximate surface area is 325 Å². The fraction of sp³-hybridized carbons (Fsp3) is 0.500. The number of aliphatic hydroxyl groups excluding tert-OH is 2. The fourth-order valence-corrected chi connectivity index (χ4v) is 9.08. The number of ether oxygens (including phenoxy) is 2. The van der Waals surface area contributed by atoms with E-state index >= 15 is 0 Å². The fourth-order valence-electron chi connectivity index (χ4n) is 9.08. The third-order valence-corrected chi connectivity index (χ3v) is 12.4. The molecule has 7 rings (SSSR count). The molecule has 8 atom stereocenters. The summed E-state index contributed by atoms with van der Waals surface area (Å²) in [6, 6.07) is 20.3. The lowest BCUT2D eigenvalue weighted by atomic mass is 9.45. The average molecular weight is 755 g/mol. The highest BCUT2D eigenvalue weighted by Crippen LogP contribution is 2.61. The topological polar surface area (TPSA) is 133 Å². The Hall–Kier alpha value is -4.42. The predicted octanol–water partition coefficient (Wildman–Crippen LogP) is 5.55. The van der Waals surface area contributed by atoms with Gasteiger partial charge in [-0.25, -0.2) is 0 Å². The molecule has 3 saturated carbocycles. The molecule has 0 aromatic heterocycles. The van der Waals surface area contributed by atoms with Crippen LogP contribution in [0.4, 0.5) is 5.69 Å². The summed E-state index contributed by atoms with van der Waals surface area (Å²) in [4.78, 5) is 36.0. The maximum absolute atomic E-state index is 14.2. The Balaban J connectivity index is 1.23. The number of rotatable bonds is 15. The van der Waals surface area contributed by atoms with Crippen molar-refractivity contribution in [3.8, 4) is 16.9 Å². The molecule has 3 aromatic carbocycles. The molecule has 4 N–H and O–H groups in total. The highest BCUT2D eigenvalue weighted by Gasteiger charge is 2.57. The van der Waals surface area contributed by atoms with Crippen LogP contribution in [-0.4, -0.2) is 85.7 Å². The van der Waals surface area contributed by atoms with Crippen molar-refractivity contribution in [2.24, 2.45) is 29.1 Å². The van der Waals surface area contributed by atoms with E-state index in [0.29, 0.717) is 41.4 Å². The maximum atomic E-state index is 14.2. The van der Waals surface area contributed by atoms with Gasteiger partial charge in [0, 0.05) is 48.4 Å². The van der Waals surface area contributed by atoms with Crippen LogP contribution in [0, 0.1) is 29.1 Å². The van der Waals surface area contributed by atoms with Crippen molar-refractivity contribution in [3.05, 3.63) is 95.8 Å². The lowest BCUT2D eigenvalue weighted by Gasteiger charge is -2.62. The van der Waals surface area contributed by atoms with Crippen molar-refractivity contribution in [1.29, 1.82) is 0 Å². The minimum Gasteiger partial charge on any atom is -0.496 e. The number of anilines is 1. The maximum Gasteiger partial charge on any atom is 0.251 e. The zero-order chi connectivity index (χ0) is 39.6. The zero-order valence-electron chi connectivity index (χ0n) is 33.2. The molecule has 3 aromatic rings. The van der Waals surface area contributed by atoms with Crippen LogP contribution in [0.25, 0.3) is 11.1 Å². The minimum atomic E-state index is -0.909. The number of methoxy groups -OCH3 is 1. The van der Waals surface area contributed by atoms with Crippen molar-refractivity contribution in [2.75, 3.05) is 39.3 Å². The number of nitrogens with zero attached hydrogens (tertiary/aromatic N) is 2. The number of para-hydroxylation sites is 1. The summed E-state index contributed by atoms with van der Waals surface area (Å²) in [5, 5.41) is 29.1. The normalized spacial score (nSPS) is 26.0. The number of carbonyl (C=O) groups is 2. The minimum absolute atomic E-state index is 0.0297. The third kappa shape index (κ3) is 8.40. The smallest absolute Gasteiger partial charge is 0.251 e. The van der Waals surface area contributed by atoms with Gasteiger partial charge in [-0.15, -0.1) is 0 Å². The first-order valence-electron chi connectivity index (χ1n) is 19.4. The summed E-state index contributed by atoms with van der Waals surface area (Å²) in [5.41, 5.74) is 4.80. The van der Waals surface area contributed by atoms with Gasteiger partial charge in [0.25, 0.3) is 5.91 Å². The number of hydrogen-bond acceptors (Lipinski definition) is 9. The van der Waals surface area contributed by atoms with E-state index in [4.69, 9.17) is 14.3 Å². The van der Waals surface area contributed by atoms with Crippen LogP contribution in [0.15, 0.2) is 79.1 Å². The lowest BCUT2D eigenvalue weighted by molar-refractivity contribution is -0.183. The molecule has 55 heavy (non-hydrogen) atoms. The molecule has 11 heteroatoms. The van der Waals surface area contributed by atoms with E-state index in [1.807, 2.05) is 85.7 Å². The summed E-state index contributed by atoms with van der Waals surface area (Å²) in [6.45, 7) is 12.8. The molecule has 0 radical (unpaired) electrons. The second kappa shape index (κ2) is 16.8. The first-order valence-corrected chi connectivity index (χ1v) is 19.4. The van der Waals surface area contributed by atoms with Gasteiger partial charge in [0.05, 0.1) is 32.9 Å². The molecule has 11 nitrogen and oxygen atoms in total. The quantitative estimate of drug-likeness (QED) is 0.148.